The molecule has 0 radical (unpaired) electrons. The van der Waals surface area contributed by atoms with Crippen LogP contribution in [0.3, 0.4) is 0 Å². The molecule has 0 saturated carbocycles. The van der Waals surface area contributed by atoms with Gasteiger partial charge < -0.3 is 9.47 Å². The third-order valence-corrected chi connectivity index (χ3v) is 6.64. The number of ether oxygens (including phenoxy) is 2. The molecule has 1 saturated heterocycles. The molecule has 3 rings (SSSR count). The van der Waals surface area contributed by atoms with Gasteiger partial charge in [0.2, 0.25) is 0 Å². The summed E-state index contributed by atoms with van der Waals surface area (Å²) in [5, 5.41) is 0. The number of nitrogens with zero attached hydrogens (tertiary/aromatic N) is 2. The molecule has 2 aromatic rings. The van der Waals surface area contributed by atoms with E-state index in [-0.39, 0.29) is 18.1 Å². The van der Waals surface area contributed by atoms with Crippen LogP contribution in [0.25, 0.3) is 0 Å². The van der Waals surface area contributed by atoms with Crippen LogP contribution >= 0.6 is 0 Å². The number of hydrogen-bond acceptors (Lipinski definition) is 6. The Labute approximate surface area is 188 Å². The molecule has 0 atom stereocenters. The zero-order valence-electron chi connectivity index (χ0n) is 17.5. The second kappa shape index (κ2) is 10.7. The van der Waals surface area contributed by atoms with Crippen molar-refractivity contribution in [3.63, 3.8) is 0 Å². The van der Waals surface area contributed by atoms with Crippen LogP contribution in [0, 0.1) is 11.6 Å². The van der Waals surface area contributed by atoms with Crippen molar-refractivity contribution >= 4 is 9.84 Å². The monoisotopic (exact) mass is 494 g/mol. The standard InChI is InChI=1S/C21H23F5N2O4S/c22-16-1-6-20(19(23)15-16)32-14-12-28-9-7-27(8-10-28)11-13-31-17-2-4-18(5-3-17)33(29,30)21(24,25)26/h1-6,15H,7-14H2. The molecule has 6 nitrogen and oxygen atoms in total. The van der Waals surface area contributed by atoms with Crippen molar-refractivity contribution in [1.82, 2.24) is 9.80 Å². The Balaban J connectivity index is 1.34. The van der Waals surface area contributed by atoms with Crippen molar-refractivity contribution in [3.05, 3.63) is 54.1 Å². The van der Waals surface area contributed by atoms with Crippen LogP contribution in [0.1, 0.15) is 0 Å². The minimum Gasteiger partial charge on any atom is -0.492 e. The maximum Gasteiger partial charge on any atom is 0.501 e. The van der Waals surface area contributed by atoms with E-state index in [0.717, 1.165) is 50.4 Å². The van der Waals surface area contributed by atoms with E-state index < -0.39 is 31.9 Å². The fourth-order valence-electron chi connectivity index (χ4n) is 3.25. The van der Waals surface area contributed by atoms with Crippen LogP contribution in [-0.2, 0) is 9.84 Å². The van der Waals surface area contributed by atoms with Crippen LogP contribution in [-0.4, -0.2) is 76.2 Å². The molecule has 0 amide bonds. The van der Waals surface area contributed by atoms with Gasteiger partial charge in [-0.2, -0.15) is 13.2 Å². The Morgan fingerprint density at radius 2 is 1.36 bits per heavy atom. The molecule has 0 bridgehead atoms. The Hall–Kier alpha value is -2.44. The van der Waals surface area contributed by atoms with E-state index in [1.165, 1.54) is 18.2 Å². The van der Waals surface area contributed by atoms with Gasteiger partial charge in [-0.1, -0.05) is 0 Å². The summed E-state index contributed by atoms with van der Waals surface area (Å²) in [6, 6.07) is 7.30. The van der Waals surface area contributed by atoms with E-state index in [2.05, 4.69) is 9.80 Å². The van der Waals surface area contributed by atoms with E-state index >= 15 is 0 Å². The number of benzene rings is 2. The summed E-state index contributed by atoms with van der Waals surface area (Å²) in [5.41, 5.74) is -5.35. The van der Waals surface area contributed by atoms with Crippen LogP contribution in [0.4, 0.5) is 22.0 Å². The van der Waals surface area contributed by atoms with E-state index in [1.807, 2.05) is 0 Å². The Kier molecular flexibility index (Phi) is 8.14. The molecule has 2 aromatic carbocycles. The quantitative estimate of drug-likeness (QED) is 0.499. The lowest BCUT2D eigenvalue weighted by Gasteiger charge is -2.34. The first-order valence-electron chi connectivity index (χ1n) is 10.1. The molecule has 12 heteroatoms. The highest BCUT2D eigenvalue weighted by atomic mass is 32.2. The summed E-state index contributed by atoms with van der Waals surface area (Å²) in [5.74, 6) is -1.11. The highest BCUT2D eigenvalue weighted by Gasteiger charge is 2.46. The lowest BCUT2D eigenvalue weighted by Crippen LogP contribution is -2.48. The van der Waals surface area contributed by atoms with Crippen molar-refractivity contribution in [2.24, 2.45) is 0 Å². The summed E-state index contributed by atoms with van der Waals surface area (Å²) in [6.07, 6.45) is 0. The third kappa shape index (κ3) is 6.78. The fraction of sp³-hybridized carbons (Fsp3) is 0.429. The zero-order chi connectivity index (χ0) is 24.1. The van der Waals surface area contributed by atoms with Gasteiger partial charge in [-0.3, -0.25) is 9.80 Å². The topological polar surface area (TPSA) is 59.1 Å². The van der Waals surface area contributed by atoms with Crippen LogP contribution < -0.4 is 9.47 Å². The second-order valence-electron chi connectivity index (χ2n) is 7.38. The predicted octanol–water partition coefficient (Wildman–Crippen LogP) is 3.33. The summed E-state index contributed by atoms with van der Waals surface area (Å²) in [4.78, 5) is 3.47. The number of halogens is 5. The van der Waals surface area contributed by atoms with Crippen LogP contribution in [0.5, 0.6) is 11.5 Å². The Bertz CT molecular complexity index is 1020. The number of piperazine rings is 1. The zero-order valence-corrected chi connectivity index (χ0v) is 18.3. The first-order valence-corrected chi connectivity index (χ1v) is 11.6. The van der Waals surface area contributed by atoms with Crippen LogP contribution in [0.15, 0.2) is 47.4 Å². The van der Waals surface area contributed by atoms with Crippen molar-refractivity contribution in [3.8, 4) is 11.5 Å². The molecule has 182 valence electrons. The number of rotatable bonds is 9. The van der Waals surface area contributed by atoms with Gasteiger partial charge in [-0.15, -0.1) is 0 Å². The SMILES string of the molecule is O=S(=O)(c1ccc(OCCN2CCN(CCOc3ccc(F)cc3F)CC2)cc1)C(F)(F)F. The van der Waals surface area contributed by atoms with Crippen molar-refractivity contribution in [2.75, 3.05) is 52.5 Å². The molecule has 1 heterocycles. The largest absolute Gasteiger partial charge is 0.501 e. The minimum absolute atomic E-state index is 0.0104. The highest BCUT2D eigenvalue weighted by Crippen LogP contribution is 2.31. The van der Waals surface area contributed by atoms with Crippen molar-refractivity contribution in [2.45, 2.75) is 10.4 Å². The average molecular weight is 494 g/mol. The van der Waals surface area contributed by atoms with Gasteiger partial charge in [0.25, 0.3) is 9.84 Å². The molecule has 0 unspecified atom stereocenters. The summed E-state index contributed by atoms with van der Waals surface area (Å²) in [6.45, 7) is 4.79. The summed E-state index contributed by atoms with van der Waals surface area (Å²) in [7, 11) is -5.37. The molecule has 0 spiro atoms. The van der Waals surface area contributed by atoms with Gasteiger partial charge >= 0.3 is 5.51 Å². The van der Waals surface area contributed by atoms with E-state index in [1.54, 1.807) is 0 Å². The second-order valence-corrected chi connectivity index (χ2v) is 9.32. The summed E-state index contributed by atoms with van der Waals surface area (Å²) < 4.78 is 97.8. The Morgan fingerprint density at radius 3 is 1.88 bits per heavy atom. The third-order valence-electron chi connectivity index (χ3n) is 5.14. The van der Waals surface area contributed by atoms with E-state index in [9.17, 15) is 30.4 Å². The van der Waals surface area contributed by atoms with Crippen LogP contribution in [0.2, 0.25) is 0 Å². The van der Waals surface area contributed by atoms with E-state index in [0.29, 0.717) is 19.7 Å². The van der Waals surface area contributed by atoms with Crippen molar-refractivity contribution < 1.29 is 39.8 Å². The molecule has 33 heavy (non-hydrogen) atoms. The average Bonchev–Trinajstić information content (AvgIpc) is 2.76. The van der Waals surface area contributed by atoms with Gasteiger partial charge in [-0.25, -0.2) is 17.2 Å². The molecule has 1 aliphatic heterocycles. The lowest BCUT2D eigenvalue weighted by atomic mass is 10.3. The molecule has 1 fully saturated rings. The van der Waals surface area contributed by atoms with Crippen molar-refractivity contribution in [1.29, 1.82) is 0 Å². The summed E-state index contributed by atoms with van der Waals surface area (Å²) >= 11 is 0. The van der Waals surface area contributed by atoms with Gasteiger partial charge in [0.05, 0.1) is 4.90 Å². The minimum atomic E-state index is -5.37. The van der Waals surface area contributed by atoms with Gasteiger partial charge in [0.1, 0.15) is 24.8 Å². The molecule has 0 aliphatic carbocycles. The number of alkyl halides is 3. The maximum atomic E-state index is 13.6. The molecule has 0 N–H and O–H groups in total. The first kappa shape index (κ1) is 25.2. The molecular formula is C21H23F5N2O4S. The fourth-order valence-corrected chi connectivity index (χ4v) is 4.02. The maximum absolute atomic E-state index is 13.6. The van der Waals surface area contributed by atoms with E-state index in [4.69, 9.17) is 9.47 Å². The first-order chi connectivity index (χ1) is 15.6. The van der Waals surface area contributed by atoms with Gasteiger partial charge in [-0.05, 0) is 36.4 Å². The van der Waals surface area contributed by atoms with Gasteiger partial charge in [0, 0.05) is 45.3 Å². The lowest BCUT2D eigenvalue weighted by molar-refractivity contribution is -0.0436. The highest BCUT2D eigenvalue weighted by molar-refractivity contribution is 7.92. The predicted molar refractivity (Wildman–Crippen MR) is 110 cm³/mol. The van der Waals surface area contributed by atoms with Gasteiger partial charge in [0.15, 0.2) is 11.6 Å². The molecule has 1 aliphatic rings. The number of hydrogen-bond donors (Lipinski definition) is 0. The molecule has 0 aromatic heterocycles. The Morgan fingerprint density at radius 1 is 0.818 bits per heavy atom. The normalized spacial score (nSPS) is 16.0. The number of sulfone groups is 1. The smallest absolute Gasteiger partial charge is 0.492 e. The molecular weight excluding hydrogens is 471 g/mol.